The van der Waals surface area contributed by atoms with Gasteiger partial charge in [-0.05, 0) is 58.3 Å². The fourth-order valence-corrected chi connectivity index (χ4v) is 2.98. The molecule has 2 rings (SSSR count). The summed E-state index contributed by atoms with van der Waals surface area (Å²) in [5.41, 5.74) is 8.38. The van der Waals surface area contributed by atoms with Gasteiger partial charge in [-0.1, -0.05) is 19.9 Å². The maximum Gasteiger partial charge on any atom is 0.0458 e. The Morgan fingerprint density at radius 1 is 1.47 bits per heavy atom. The number of hydrogen-bond acceptors (Lipinski definition) is 2. The lowest BCUT2D eigenvalue weighted by molar-refractivity contribution is 0.364. The average Bonchev–Trinajstić information content (AvgIpc) is 2.60. The molecule has 0 amide bonds. The maximum absolute atomic E-state index is 5.78. The number of nitrogens with two attached hydrogens (primary N) is 1. The molecule has 0 spiro atoms. The zero-order valence-electron chi connectivity index (χ0n) is 10.6. The van der Waals surface area contributed by atoms with Crippen molar-refractivity contribution in [3.05, 3.63) is 28.2 Å². The molecule has 1 aromatic rings. The largest absolute Gasteiger partial charge is 0.398 e. The summed E-state index contributed by atoms with van der Waals surface area (Å²) in [5.74, 6) is 0. The smallest absolute Gasteiger partial charge is 0.0458 e. The minimum Gasteiger partial charge on any atom is -0.398 e. The number of hydrogen-bond donors (Lipinski definition) is 2. The Morgan fingerprint density at radius 3 is 2.82 bits per heavy atom. The minimum atomic E-state index is 0.513. The summed E-state index contributed by atoms with van der Waals surface area (Å²) >= 11 is 3.46. The molecule has 3 heteroatoms. The summed E-state index contributed by atoms with van der Waals surface area (Å²) in [7, 11) is 0. The first-order valence-corrected chi connectivity index (χ1v) is 7.03. The van der Waals surface area contributed by atoms with E-state index >= 15 is 0 Å². The van der Waals surface area contributed by atoms with Crippen LogP contribution in [0.15, 0.2) is 22.7 Å². The van der Waals surface area contributed by atoms with Crippen LogP contribution < -0.4 is 11.1 Å². The van der Waals surface area contributed by atoms with E-state index in [1.807, 2.05) is 6.07 Å². The molecule has 1 unspecified atom stereocenters. The number of rotatable bonds is 3. The lowest BCUT2D eigenvalue weighted by atomic mass is 9.92. The van der Waals surface area contributed by atoms with Crippen molar-refractivity contribution in [2.24, 2.45) is 5.41 Å². The van der Waals surface area contributed by atoms with Gasteiger partial charge in [0.05, 0.1) is 0 Å². The predicted molar refractivity (Wildman–Crippen MR) is 76.8 cm³/mol. The molecule has 0 aliphatic heterocycles. The molecule has 0 heterocycles. The second-order valence-electron chi connectivity index (χ2n) is 5.84. The van der Waals surface area contributed by atoms with Gasteiger partial charge < -0.3 is 11.1 Å². The minimum absolute atomic E-state index is 0.513. The summed E-state index contributed by atoms with van der Waals surface area (Å²) < 4.78 is 0.989. The lowest BCUT2D eigenvalue weighted by Gasteiger charge is -2.18. The third kappa shape index (κ3) is 3.46. The van der Waals surface area contributed by atoms with Gasteiger partial charge in [-0.15, -0.1) is 0 Å². The Kier molecular flexibility index (Phi) is 3.79. The molecule has 1 saturated carbocycles. The van der Waals surface area contributed by atoms with Crippen molar-refractivity contribution >= 4 is 21.6 Å². The first-order valence-electron chi connectivity index (χ1n) is 6.24. The van der Waals surface area contributed by atoms with Crippen LogP contribution in [0.3, 0.4) is 0 Å². The van der Waals surface area contributed by atoms with Crippen LogP contribution in [-0.4, -0.2) is 6.04 Å². The third-order valence-electron chi connectivity index (χ3n) is 3.63. The zero-order chi connectivity index (χ0) is 12.5. The first kappa shape index (κ1) is 12.9. The Morgan fingerprint density at radius 2 is 2.24 bits per heavy atom. The summed E-state index contributed by atoms with van der Waals surface area (Å²) in [6, 6.07) is 6.82. The van der Waals surface area contributed by atoms with E-state index in [4.69, 9.17) is 5.73 Å². The molecular weight excluding hydrogens is 276 g/mol. The van der Waals surface area contributed by atoms with Gasteiger partial charge in [0.25, 0.3) is 0 Å². The van der Waals surface area contributed by atoms with Crippen molar-refractivity contribution in [3.8, 4) is 0 Å². The number of halogens is 1. The fourth-order valence-electron chi connectivity index (χ4n) is 2.55. The van der Waals surface area contributed by atoms with Gasteiger partial charge in [0.15, 0.2) is 0 Å². The number of nitrogen functional groups attached to an aromatic ring is 1. The van der Waals surface area contributed by atoms with Crippen molar-refractivity contribution in [1.82, 2.24) is 5.32 Å². The van der Waals surface area contributed by atoms with Crippen LogP contribution in [0.2, 0.25) is 0 Å². The molecule has 1 aromatic carbocycles. The number of nitrogens with one attached hydrogen (secondary N) is 1. The van der Waals surface area contributed by atoms with Crippen molar-refractivity contribution in [2.75, 3.05) is 5.73 Å². The topological polar surface area (TPSA) is 38.0 Å². The Bertz CT molecular complexity index is 401. The van der Waals surface area contributed by atoms with Gasteiger partial charge in [-0.25, -0.2) is 0 Å². The molecule has 2 nitrogen and oxygen atoms in total. The van der Waals surface area contributed by atoms with E-state index in [2.05, 4.69) is 47.2 Å². The Balaban J connectivity index is 1.88. The molecule has 1 fully saturated rings. The van der Waals surface area contributed by atoms with Crippen molar-refractivity contribution in [2.45, 2.75) is 45.7 Å². The Labute approximate surface area is 112 Å². The summed E-state index contributed by atoms with van der Waals surface area (Å²) in [6.07, 6.45) is 3.91. The van der Waals surface area contributed by atoms with Gasteiger partial charge >= 0.3 is 0 Å². The van der Waals surface area contributed by atoms with Crippen LogP contribution in [0.5, 0.6) is 0 Å². The molecule has 1 atom stereocenters. The van der Waals surface area contributed by atoms with Gasteiger partial charge in [0.2, 0.25) is 0 Å². The lowest BCUT2D eigenvalue weighted by Crippen LogP contribution is -2.26. The third-order valence-corrected chi connectivity index (χ3v) is 4.32. The maximum atomic E-state index is 5.78. The highest BCUT2D eigenvalue weighted by atomic mass is 79.9. The van der Waals surface area contributed by atoms with Crippen LogP contribution in [0.4, 0.5) is 5.69 Å². The number of benzene rings is 1. The summed E-state index contributed by atoms with van der Waals surface area (Å²) in [6.45, 7) is 5.64. The summed E-state index contributed by atoms with van der Waals surface area (Å²) in [4.78, 5) is 0. The van der Waals surface area contributed by atoms with E-state index in [-0.39, 0.29) is 0 Å². The van der Waals surface area contributed by atoms with E-state index in [0.717, 1.165) is 16.7 Å². The van der Waals surface area contributed by atoms with Crippen LogP contribution in [0.25, 0.3) is 0 Å². The predicted octanol–water partition coefficient (Wildman–Crippen LogP) is 3.70. The van der Waals surface area contributed by atoms with E-state index in [0.29, 0.717) is 11.5 Å². The normalized spacial score (nSPS) is 22.9. The highest BCUT2D eigenvalue weighted by Crippen LogP contribution is 2.37. The molecule has 17 heavy (non-hydrogen) atoms. The molecule has 94 valence electrons. The summed E-state index contributed by atoms with van der Waals surface area (Å²) in [5, 5.41) is 3.64. The molecule has 0 radical (unpaired) electrons. The first-order chi connectivity index (χ1) is 7.96. The Hall–Kier alpha value is -0.540. The highest BCUT2D eigenvalue weighted by Gasteiger charge is 2.30. The van der Waals surface area contributed by atoms with Gasteiger partial charge in [-0.2, -0.15) is 0 Å². The SMILES string of the molecule is CC1(C)CCC(NCc2ccc(N)c(Br)c2)C1. The highest BCUT2D eigenvalue weighted by molar-refractivity contribution is 9.10. The molecule has 0 aromatic heterocycles. The standard InChI is InChI=1S/C14H21BrN2/c1-14(2)6-5-11(8-14)17-9-10-3-4-13(16)12(15)7-10/h3-4,7,11,17H,5-6,8-9,16H2,1-2H3. The number of anilines is 1. The second kappa shape index (κ2) is 4.99. The van der Waals surface area contributed by atoms with E-state index < -0.39 is 0 Å². The molecule has 3 N–H and O–H groups in total. The molecule has 0 saturated heterocycles. The van der Waals surface area contributed by atoms with Crippen LogP contribution in [0.1, 0.15) is 38.7 Å². The second-order valence-corrected chi connectivity index (χ2v) is 6.70. The van der Waals surface area contributed by atoms with Crippen molar-refractivity contribution in [3.63, 3.8) is 0 Å². The van der Waals surface area contributed by atoms with E-state index in [9.17, 15) is 0 Å². The zero-order valence-corrected chi connectivity index (χ0v) is 12.2. The van der Waals surface area contributed by atoms with Gasteiger partial charge in [0, 0.05) is 22.7 Å². The van der Waals surface area contributed by atoms with Crippen molar-refractivity contribution < 1.29 is 0 Å². The van der Waals surface area contributed by atoms with E-state index in [1.165, 1.54) is 24.8 Å². The van der Waals surface area contributed by atoms with Crippen LogP contribution >= 0.6 is 15.9 Å². The molecular formula is C14H21BrN2. The fraction of sp³-hybridized carbons (Fsp3) is 0.571. The van der Waals surface area contributed by atoms with Gasteiger partial charge in [-0.3, -0.25) is 0 Å². The van der Waals surface area contributed by atoms with Crippen molar-refractivity contribution in [1.29, 1.82) is 0 Å². The molecule has 1 aliphatic carbocycles. The quantitative estimate of drug-likeness (QED) is 0.835. The average molecular weight is 297 g/mol. The van der Waals surface area contributed by atoms with E-state index in [1.54, 1.807) is 0 Å². The van der Waals surface area contributed by atoms with Gasteiger partial charge in [0.1, 0.15) is 0 Å². The molecule has 1 aliphatic rings. The molecule has 0 bridgehead atoms. The van der Waals surface area contributed by atoms with Crippen LogP contribution in [0, 0.1) is 5.41 Å². The van der Waals surface area contributed by atoms with Crippen LogP contribution in [-0.2, 0) is 6.54 Å². The monoisotopic (exact) mass is 296 g/mol.